The van der Waals surface area contributed by atoms with Crippen molar-refractivity contribution in [1.82, 2.24) is 4.90 Å². The number of nitrogens with one attached hydrogen (secondary N) is 1. The average molecular weight is 378 g/mol. The van der Waals surface area contributed by atoms with Crippen LogP contribution >= 0.6 is 0 Å². The van der Waals surface area contributed by atoms with E-state index < -0.39 is 17.8 Å². The standard InChI is InChI=1S/C17H18N2O8/c1-25-17(24)10-8-19(2-3-20)15(21)14(10)18-11-7-13-12(26-4-5-27-13)6-9(11)16(22)23/h6-7,18,20H,2-5,8H2,1H3,(H,22,23). The summed E-state index contributed by atoms with van der Waals surface area (Å²) in [6, 6.07) is 2.70. The molecule has 10 nitrogen and oxygen atoms in total. The molecular formula is C17H18N2O8. The van der Waals surface area contributed by atoms with Crippen LogP contribution in [0.4, 0.5) is 5.69 Å². The number of anilines is 1. The summed E-state index contributed by atoms with van der Waals surface area (Å²) in [5.74, 6) is -1.90. The summed E-state index contributed by atoms with van der Waals surface area (Å²) in [5, 5.41) is 21.3. The van der Waals surface area contributed by atoms with Crippen molar-refractivity contribution in [2.24, 2.45) is 0 Å². The van der Waals surface area contributed by atoms with E-state index in [1.54, 1.807) is 0 Å². The zero-order chi connectivity index (χ0) is 19.6. The zero-order valence-corrected chi connectivity index (χ0v) is 14.5. The van der Waals surface area contributed by atoms with Crippen LogP contribution in [0.25, 0.3) is 0 Å². The third kappa shape index (κ3) is 3.51. The van der Waals surface area contributed by atoms with Gasteiger partial charge in [0.25, 0.3) is 5.91 Å². The van der Waals surface area contributed by atoms with E-state index in [0.717, 1.165) is 0 Å². The van der Waals surface area contributed by atoms with Gasteiger partial charge < -0.3 is 34.6 Å². The molecule has 2 aliphatic rings. The van der Waals surface area contributed by atoms with E-state index in [-0.39, 0.29) is 48.0 Å². The maximum absolute atomic E-state index is 12.6. The number of carboxylic acid groups (broad SMARTS) is 1. The minimum atomic E-state index is -1.24. The maximum atomic E-state index is 12.6. The Bertz CT molecular complexity index is 832. The number of fused-ring (bicyclic) bond motifs is 1. The molecule has 0 saturated carbocycles. The van der Waals surface area contributed by atoms with Crippen LogP contribution in [0.15, 0.2) is 23.4 Å². The third-order valence-corrected chi connectivity index (χ3v) is 4.13. The lowest BCUT2D eigenvalue weighted by Gasteiger charge is -2.21. The molecule has 0 atom stereocenters. The molecule has 0 radical (unpaired) electrons. The van der Waals surface area contributed by atoms with Gasteiger partial charge in [-0.2, -0.15) is 0 Å². The van der Waals surface area contributed by atoms with Gasteiger partial charge in [-0.1, -0.05) is 0 Å². The van der Waals surface area contributed by atoms with Crippen LogP contribution in [0.5, 0.6) is 11.5 Å². The number of nitrogens with zero attached hydrogens (tertiary/aromatic N) is 1. The number of methoxy groups -OCH3 is 1. The van der Waals surface area contributed by atoms with Crippen molar-refractivity contribution in [3.8, 4) is 11.5 Å². The van der Waals surface area contributed by atoms with Crippen LogP contribution in [-0.4, -0.2) is 73.0 Å². The fourth-order valence-electron chi connectivity index (χ4n) is 2.85. The van der Waals surface area contributed by atoms with E-state index in [0.29, 0.717) is 19.0 Å². The Balaban J connectivity index is 2.02. The number of hydrogen-bond donors (Lipinski definition) is 3. The first kappa shape index (κ1) is 18.5. The molecule has 144 valence electrons. The summed E-state index contributed by atoms with van der Waals surface area (Å²) in [7, 11) is 1.18. The maximum Gasteiger partial charge on any atom is 0.337 e. The molecule has 0 unspecified atom stereocenters. The average Bonchev–Trinajstić information content (AvgIpc) is 2.96. The summed E-state index contributed by atoms with van der Waals surface area (Å²) in [6.45, 7) is 0.292. The molecule has 10 heteroatoms. The van der Waals surface area contributed by atoms with Crippen LogP contribution in [-0.2, 0) is 14.3 Å². The van der Waals surface area contributed by atoms with E-state index in [1.807, 2.05) is 0 Å². The fourth-order valence-corrected chi connectivity index (χ4v) is 2.85. The highest BCUT2D eigenvalue weighted by molar-refractivity contribution is 6.09. The number of carboxylic acids is 1. The Kier molecular flexibility index (Phi) is 5.17. The number of rotatable bonds is 6. The molecule has 1 amide bonds. The van der Waals surface area contributed by atoms with Gasteiger partial charge in [-0.05, 0) is 0 Å². The number of aromatic carboxylic acids is 1. The number of carbonyl (C=O) groups excluding carboxylic acids is 2. The van der Waals surface area contributed by atoms with Crippen molar-refractivity contribution in [3.63, 3.8) is 0 Å². The number of hydrogen-bond acceptors (Lipinski definition) is 8. The van der Waals surface area contributed by atoms with Crippen molar-refractivity contribution in [2.45, 2.75) is 0 Å². The van der Waals surface area contributed by atoms with Crippen LogP contribution < -0.4 is 14.8 Å². The second kappa shape index (κ2) is 7.54. The largest absolute Gasteiger partial charge is 0.486 e. The lowest BCUT2D eigenvalue weighted by Crippen LogP contribution is -2.31. The molecule has 0 saturated heterocycles. The second-order valence-electron chi connectivity index (χ2n) is 5.77. The first-order chi connectivity index (χ1) is 13.0. The second-order valence-corrected chi connectivity index (χ2v) is 5.77. The molecule has 2 aliphatic heterocycles. The lowest BCUT2D eigenvalue weighted by molar-refractivity contribution is -0.136. The highest BCUT2D eigenvalue weighted by atomic mass is 16.6. The predicted octanol–water partition coefficient (Wildman–Crippen LogP) is -0.171. The van der Waals surface area contributed by atoms with Gasteiger partial charge in [0.2, 0.25) is 0 Å². The minimum absolute atomic E-state index is 0.0252. The molecule has 1 aromatic rings. The van der Waals surface area contributed by atoms with Gasteiger partial charge in [-0.15, -0.1) is 0 Å². The Morgan fingerprint density at radius 3 is 2.52 bits per heavy atom. The number of aliphatic hydroxyl groups excluding tert-OH is 1. The Morgan fingerprint density at radius 1 is 1.26 bits per heavy atom. The monoisotopic (exact) mass is 378 g/mol. The van der Waals surface area contributed by atoms with Gasteiger partial charge in [0.05, 0.1) is 37.1 Å². The Hall–Kier alpha value is -3.27. The highest BCUT2D eigenvalue weighted by Gasteiger charge is 2.35. The Morgan fingerprint density at radius 2 is 1.93 bits per heavy atom. The van der Waals surface area contributed by atoms with Crippen molar-refractivity contribution in [1.29, 1.82) is 0 Å². The smallest absolute Gasteiger partial charge is 0.337 e. The number of β-amino-alcohol motifs (C(OH)–C–C–N with tert-alkyl or cyclic N) is 1. The molecule has 0 aromatic heterocycles. The van der Waals surface area contributed by atoms with Crippen LogP contribution in [0.2, 0.25) is 0 Å². The van der Waals surface area contributed by atoms with E-state index >= 15 is 0 Å². The number of benzene rings is 1. The normalized spacial score (nSPS) is 15.8. The van der Waals surface area contributed by atoms with Gasteiger partial charge in [-0.3, -0.25) is 4.79 Å². The molecular weight excluding hydrogens is 360 g/mol. The van der Waals surface area contributed by atoms with Crippen molar-refractivity contribution in [3.05, 3.63) is 29.0 Å². The van der Waals surface area contributed by atoms with Crippen molar-refractivity contribution < 1.29 is 38.8 Å². The summed E-state index contributed by atoms with van der Waals surface area (Å²) < 4.78 is 15.5. The quantitative estimate of drug-likeness (QED) is 0.577. The number of carbonyl (C=O) groups is 3. The Labute approximate surface area is 153 Å². The first-order valence-electron chi connectivity index (χ1n) is 8.11. The number of aliphatic hydroxyl groups is 1. The third-order valence-electron chi connectivity index (χ3n) is 4.13. The van der Waals surface area contributed by atoms with Crippen LogP contribution in [0.3, 0.4) is 0 Å². The zero-order valence-electron chi connectivity index (χ0n) is 14.5. The van der Waals surface area contributed by atoms with E-state index in [1.165, 1.54) is 24.1 Å². The van der Waals surface area contributed by atoms with Crippen LogP contribution in [0, 0.1) is 0 Å². The first-order valence-corrected chi connectivity index (χ1v) is 8.11. The van der Waals surface area contributed by atoms with Gasteiger partial charge >= 0.3 is 11.9 Å². The molecule has 0 fully saturated rings. The number of esters is 1. The summed E-state index contributed by atoms with van der Waals surface area (Å²) in [4.78, 5) is 37.5. The van der Waals surface area contributed by atoms with E-state index in [2.05, 4.69) is 5.32 Å². The van der Waals surface area contributed by atoms with Crippen LogP contribution in [0.1, 0.15) is 10.4 Å². The molecule has 0 bridgehead atoms. The van der Waals surface area contributed by atoms with E-state index in [4.69, 9.17) is 19.3 Å². The van der Waals surface area contributed by atoms with Gasteiger partial charge in [0, 0.05) is 18.7 Å². The van der Waals surface area contributed by atoms with Crippen molar-refractivity contribution >= 4 is 23.5 Å². The molecule has 3 rings (SSSR count). The molecule has 0 aliphatic carbocycles. The van der Waals surface area contributed by atoms with Crippen molar-refractivity contribution in [2.75, 3.05) is 45.3 Å². The summed E-state index contributed by atoms with van der Waals surface area (Å²) in [6.07, 6.45) is 0. The predicted molar refractivity (Wildman–Crippen MR) is 90.7 cm³/mol. The van der Waals surface area contributed by atoms with Gasteiger partial charge in [0.1, 0.15) is 18.9 Å². The highest BCUT2D eigenvalue weighted by Crippen LogP contribution is 2.37. The number of amides is 1. The topological polar surface area (TPSA) is 135 Å². The minimum Gasteiger partial charge on any atom is -0.486 e. The fraction of sp³-hybridized carbons (Fsp3) is 0.353. The SMILES string of the molecule is COC(=O)C1=C(Nc2cc3c(cc2C(=O)O)OCCO3)C(=O)N(CCO)C1. The molecule has 0 spiro atoms. The summed E-state index contributed by atoms with van der Waals surface area (Å²) >= 11 is 0. The molecule has 2 heterocycles. The van der Waals surface area contributed by atoms with Gasteiger partial charge in [-0.25, -0.2) is 9.59 Å². The number of ether oxygens (including phenoxy) is 3. The van der Waals surface area contributed by atoms with Gasteiger partial charge in [0.15, 0.2) is 11.5 Å². The molecule has 3 N–H and O–H groups in total. The molecule has 27 heavy (non-hydrogen) atoms. The van der Waals surface area contributed by atoms with E-state index in [9.17, 15) is 19.5 Å². The lowest BCUT2D eigenvalue weighted by atomic mass is 10.1. The summed E-state index contributed by atoms with van der Waals surface area (Å²) in [5.41, 5.74) is -0.136. The molecule has 1 aromatic carbocycles.